The minimum Gasteiger partial charge on any atom is -0.382 e. The minimum absolute atomic E-state index is 0. The van der Waals surface area contributed by atoms with Gasteiger partial charge < -0.3 is 29.6 Å². The fourth-order valence-corrected chi connectivity index (χ4v) is 2.02. The van der Waals surface area contributed by atoms with Crippen LogP contribution in [0.4, 0.5) is 0 Å². The summed E-state index contributed by atoms with van der Waals surface area (Å²) in [4.78, 5) is 4.18. The predicted octanol–water partition coefficient (Wildman–Crippen LogP) is 1.02. The van der Waals surface area contributed by atoms with E-state index >= 15 is 0 Å². The summed E-state index contributed by atoms with van der Waals surface area (Å²) in [6.07, 6.45) is 3.20. The maximum absolute atomic E-state index is 5.71. The molecule has 0 amide bonds. The molecular weight excluding hydrogens is 413 g/mol. The van der Waals surface area contributed by atoms with Gasteiger partial charge in [-0.1, -0.05) is 0 Å². The Labute approximate surface area is 156 Å². The van der Waals surface area contributed by atoms with E-state index in [0.29, 0.717) is 13.2 Å². The van der Waals surface area contributed by atoms with E-state index in [1.54, 1.807) is 14.2 Å². The number of nitrogens with zero attached hydrogens (tertiary/aromatic N) is 1. The van der Waals surface area contributed by atoms with Gasteiger partial charge in [-0.25, -0.2) is 0 Å². The zero-order valence-electron chi connectivity index (χ0n) is 14.3. The third kappa shape index (κ3) is 12.9. The van der Waals surface area contributed by atoms with Crippen molar-refractivity contribution >= 4 is 29.9 Å². The molecule has 0 aliphatic carbocycles. The Bertz CT molecular complexity index is 290. The maximum atomic E-state index is 5.71. The number of hydrogen-bond donors (Lipinski definition) is 2. The highest BCUT2D eigenvalue weighted by atomic mass is 127. The first-order valence-corrected chi connectivity index (χ1v) is 8.07. The van der Waals surface area contributed by atoms with Gasteiger partial charge in [-0.15, -0.1) is 24.0 Å². The summed E-state index contributed by atoms with van der Waals surface area (Å²) in [6.45, 7) is 6.02. The summed E-state index contributed by atoms with van der Waals surface area (Å²) in [6, 6.07) is 0. The van der Waals surface area contributed by atoms with Gasteiger partial charge in [-0.2, -0.15) is 0 Å². The van der Waals surface area contributed by atoms with E-state index < -0.39 is 0 Å². The molecule has 1 atom stereocenters. The minimum atomic E-state index is 0. The number of aliphatic imine (C=N–C) groups is 1. The van der Waals surface area contributed by atoms with Crippen LogP contribution in [-0.4, -0.2) is 79.0 Å². The van der Waals surface area contributed by atoms with Gasteiger partial charge in [0.05, 0.1) is 25.9 Å². The first kappa shape index (κ1) is 22.8. The lowest BCUT2D eigenvalue weighted by Crippen LogP contribution is -2.38. The fraction of sp³-hybridized carbons (Fsp3) is 0.933. The highest BCUT2D eigenvalue weighted by Crippen LogP contribution is 2.07. The molecule has 1 rings (SSSR count). The topological polar surface area (TPSA) is 73.3 Å². The van der Waals surface area contributed by atoms with Gasteiger partial charge in [0, 0.05) is 47.1 Å². The number of rotatable bonds is 12. The highest BCUT2D eigenvalue weighted by Gasteiger charge is 2.15. The van der Waals surface area contributed by atoms with Crippen molar-refractivity contribution in [2.24, 2.45) is 4.99 Å². The Balaban J connectivity index is 0.00000484. The van der Waals surface area contributed by atoms with Gasteiger partial charge in [0.1, 0.15) is 0 Å². The molecule has 0 radical (unpaired) electrons. The Morgan fingerprint density at radius 3 is 2.48 bits per heavy atom. The largest absolute Gasteiger partial charge is 0.382 e. The second-order valence-corrected chi connectivity index (χ2v) is 5.09. The van der Waals surface area contributed by atoms with Crippen LogP contribution in [0.1, 0.15) is 19.3 Å². The molecule has 2 N–H and O–H groups in total. The second kappa shape index (κ2) is 16.7. The standard InChI is InChI=1S/C15H31N3O4.HI/c1-16-15(17-6-3-8-20-12-11-19-2)18-7-4-9-22-14-5-10-21-13-14;/h14H,3-13H2,1-2H3,(H2,16,17,18);1H. The predicted molar refractivity (Wildman–Crippen MR) is 102 cm³/mol. The third-order valence-corrected chi connectivity index (χ3v) is 3.27. The second-order valence-electron chi connectivity index (χ2n) is 5.09. The summed E-state index contributed by atoms with van der Waals surface area (Å²) in [5.74, 6) is 0.820. The van der Waals surface area contributed by atoms with Crippen molar-refractivity contribution in [3.05, 3.63) is 0 Å². The van der Waals surface area contributed by atoms with Crippen molar-refractivity contribution in [1.29, 1.82) is 0 Å². The molecule has 1 heterocycles. The molecule has 23 heavy (non-hydrogen) atoms. The monoisotopic (exact) mass is 445 g/mol. The number of guanidine groups is 1. The van der Waals surface area contributed by atoms with Crippen LogP contribution in [0.3, 0.4) is 0 Å². The molecule has 138 valence electrons. The van der Waals surface area contributed by atoms with Crippen molar-refractivity contribution in [1.82, 2.24) is 10.6 Å². The van der Waals surface area contributed by atoms with Crippen molar-refractivity contribution < 1.29 is 18.9 Å². The van der Waals surface area contributed by atoms with Crippen LogP contribution in [0.25, 0.3) is 0 Å². The van der Waals surface area contributed by atoms with Gasteiger partial charge in [0.2, 0.25) is 0 Å². The molecule has 0 aromatic heterocycles. The van der Waals surface area contributed by atoms with Crippen LogP contribution in [-0.2, 0) is 18.9 Å². The number of methoxy groups -OCH3 is 1. The molecule has 0 aromatic rings. The van der Waals surface area contributed by atoms with E-state index in [2.05, 4.69) is 15.6 Å². The van der Waals surface area contributed by atoms with Crippen molar-refractivity contribution in [3.8, 4) is 0 Å². The van der Waals surface area contributed by atoms with Crippen molar-refractivity contribution in [2.45, 2.75) is 25.4 Å². The van der Waals surface area contributed by atoms with E-state index in [1.807, 2.05) is 0 Å². The summed E-state index contributed by atoms with van der Waals surface area (Å²) >= 11 is 0. The fourth-order valence-electron chi connectivity index (χ4n) is 2.02. The zero-order valence-corrected chi connectivity index (χ0v) is 16.7. The van der Waals surface area contributed by atoms with Crippen LogP contribution < -0.4 is 10.6 Å². The van der Waals surface area contributed by atoms with E-state index in [-0.39, 0.29) is 30.1 Å². The van der Waals surface area contributed by atoms with Gasteiger partial charge in [-0.3, -0.25) is 4.99 Å². The highest BCUT2D eigenvalue weighted by molar-refractivity contribution is 14.0. The smallest absolute Gasteiger partial charge is 0.190 e. The van der Waals surface area contributed by atoms with Crippen LogP contribution in [0.5, 0.6) is 0 Å². The van der Waals surface area contributed by atoms with Crippen molar-refractivity contribution in [3.63, 3.8) is 0 Å². The van der Waals surface area contributed by atoms with Gasteiger partial charge in [0.25, 0.3) is 0 Å². The normalized spacial score (nSPS) is 17.8. The molecule has 0 aromatic carbocycles. The number of ether oxygens (including phenoxy) is 4. The van der Waals surface area contributed by atoms with E-state index in [0.717, 1.165) is 64.7 Å². The molecule has 1 saturated heterocycles. The summed E-state index contributed by atoms with van der Waals surface area (Å²) in [5, 5.41) is 6.53. The first-order chi connectivity index (χ1) is 10.9. The molecule has 0 bridgehead atoms. The lowest BCUT2D eigenvalue weighted by atomic mass is 10.3. The Kier molecular flexibility index (Phi) is 16.6. The Hall–Kier alpha value is -0.160. The summed E-state index contributed by atoms with van der Waals surface area (Å²) in [5.41, 5.74) is 0. The third-order valence-electron chi connectivity index (χ3n) is 3.27. The van der Waals surface area contributed by atoms with Gasteiger partial charge in [-0.05, 0) is 19.3 Å². The summed E-state index contributed by atoms with van der Waals surface area (Å²) in [7, 11) is 3.45. The van der Waals surface area contributed by atoms with E-state index in [1.165, 1.54) is 0 Å². The van der Waals surface area contributed by atoms with E-state index in [4.69, 9.17) is 18.9 Å². The summed E-state index contributed by atoms with van der Waals surface area (Å²) < 4.78 is 21.3. The van der Waals surface area contributed by atoms with Crippen LogP contribution in [0, 0.1) is 0 Å². The number of hydrogen-bond acceptors (Lipinski definition) is 5. The molecule has 0 spiro atoms. The molecule has 1 fully saturated rings. The quantitative estimate of drug-likeness (QED) is 0.202. The lowest BCUT2D eigenvalue weighted by Gasteiger charge is -2.13. The van der Waals surface area contributed by atoms with Crippen LogP contribution in [0.2, 0.25) is 0 Å². The molecule has 1 aliphatic rings. The Morgan fingerprint density at radius 2 is 1.87 bits per heavy atom. The molecule has 1 aliphatic heterocycles. The molecule has 7 nitrogen and oxygen atoms in total. The maximum Gasteiger partial charge on any atom is 0.190 e. The molecule has 8 heteroatoms. The first-order valence-electron chi connectivity index (χ1n) is 8.07. The van der Waals surface area contributed by atoms with Gasteiger partial charge >= 0.3 is 0 Å². The average molecular weight is 445 g/mol. The average Bonchev–Trinajstić information content (AvgIpc) is 3.05. The lowest BCUT2D eigenvalue weighted by molar-refractivity contribution is 0.0420. The molecular formula is C15H32IN3O4. The van der Waals surface area contributed by atoms with Crippen molar-refractivity contribution in [2.75, 3.05) is 66.9 Å². The van der Waals surface area contributed by atoms with Crippen LogP contribution in [0.15, 0.2) is 4.99 Å². The van der Waals surface area contributed by atoms with Crippen LogP contribution >= 0.6 is 24.0 Å². The molecule has 1 unspecified atom stereocenters. The Morgan fingerprint density at radius 1 is 1.13 bits per heavy atom. The molecule has 0 saturated carbocycles. The van der Waals surface area contributed by atoms with E-state index in [9.17, 15) is 0 Å². The zero-order chi connectivity index (χ0) is 15.9. The number of nitrogens with one attached hydrogen (secondary N) is 2. The number of halogens is 1. The van der Waals surface area contributed by atoms with Gasteiger partial charge in [0.15, 0.2) is 5.96 Å². The SMILES string of the molecule is CN=C(NCCCOCCOC)NCCCOC1CCOC1.I.